The molecule has 0 radical (unpaired) electrons. The summed E-state index contributed by atoms with van der Waals surface area (Å²) in [5.41, 5.74) is 3.74. The molecule has 24 heavy (non-hydrogen) atoms. The summed E-state index contributed by atoms with van der Waals surface area (Å²) in [4.78, 5) is 12.2. The molecule has 2 aromatic carbocycles. The molecule has 1 amide bonds. The van der Waals surface area contributed by atoms with Crippen LogP contribution in [0, 0.1) is 6.92 Å². The number of hydrogen-bond acceptors (Lipinski definition) is 6. The minimum absolute atomic E-state index is 0.0456. The quantitative estimate of drug-likeness (QED) is 0.335. The maximum Gasteiger partial charge on any atom is 0.275 e. The van der Waals surface area contributed by atoms with Crippen molar-refractivity contribution in [2.75, 3.05) is 0 Å². The maximum atomic E-state index is 12.2. The zero-order valence-electron chi connectivity index (χ0n) is 12.6. The predicted octanol–water partition coefficient (Wildman–Crippen LogP) is 2.62. The summed E-state index contributed by atoms with van der Waals surface area (Å²) >= 11 is 0. The molecule has 4 N–H and O–H groups in total. The van der Waals surface area contributed by atoms with Crippen molar-refractivity contribution in [3.63, 3.8) is 0 Å². The van der Waals surface area contributed by atoms with E-state index in [-0.39, 0.29) is 28.4 Å². The standard InChI is InChI=1S/C17H14N2O5/c1-9-8-24-13-6-5-11(16(22)14(9)13)17(23)19-18-7-10-3-2-4-12(20)15(10)21/h2-8,20-22H,1H3,(H,19,23)/b18-7+. The Bertz CT molecular complexity index is 959. The van der Waals surface area contributed by atoms with Gasteiger partial charge in [0.2, 0.25) is 0 Å². The van der Waals surface area contributed by atoms with Crippen molar-refractivity contribution in [2.24, 2.45) is 5.10 Å². The minimum atomic E-state index is -0.620. The molecule has 0 unspecified atom stereocenters. The fraction of sp³-hybridized carbons (Fsp3) is 0.0588. The number of hydrazone groups is 1. The highest BCUT2D eigenvalue weighted by Gasteiger charge is 2.16. The lowest BCUT2D eigenvalue weighted by Crippen LogP contribution is -2.17. The van der Waals surface area contributed by atoms with Crippen molar-refractivity contribution in [1.82, 2.24) is 5.43 Å². The summed E-state index contributed by atoms with van der Waals surface area (Å²) in [7, 11) is 0. The second kappa shape index (κ2) is 5.96. The number of furan rings is 1. The monoisotopic (exact) mass is 326 g/mol. The smallest absolute Gasteiger partial charge is 0.275 e. The van der Waals surface area contributed by atoms with E-state index in [1.54, 1.807) is 13.0 Å². The lowest BCUT2D eigenvalue weighted by molar-refractivity contribution is 0.0952. The number of para-hydroxylation sites is 1. The van der Waals surface area contributed by atoms with E-state index in [4.69, 9.17) is 4.42 Å². The van der Waals surface area contributed by atoms with Crippen LogP contribution in [0.15, 0.2) is 46.1 Å². The molecule has 0 aliphatic carbocycles. The van der Waals surface area contributed by atoms with Crippen LogP contribution in [0.5, 0.6) is 17.2 Å². The number of nitrogens with one attached hydrogen (secondary N) is 1. The number of carbonyl (C=O) groups excluding carboxylic acids is 1. The molecule has 1 aromatic heterocycles. The molecule has 7 nitrogen and oxygen atoms in total. The normalized spacial score (nSPS) is 11.2. The molecule has 7 heteroatoms. The SMILES string of the molecule is Cc1coc2ccc(C(=O)N/N=C/c3cccc(O)c3O)c(O)c12. The van der Waals surface area contributed by atoms with Crippen LogP contribution in [0.1, 0.15) is 21.5 Å². The van der Waals surface area contributed by atoms with Crippen LogP contribution in [0.4, 0.5) is 0 Å². The number of nitrogens with zero attached hydrogens (tertiary/aromatic N) is 1. The van der Waals surface area contributed by atoms with Crippen molar-refractivity contribution in [2.45, 2.75) is 6.92 Å². The number of benzene rings is 2. The first kappa shape index (κ1) is 15.4. The number of aryl methyl sites for hydroxylation is 1. The van der Waals surface area contributed by atoms with E-state index in [9.17, 15) is 20.1 Å². The predicted molar refractivity (Wildman–Crippen MR) is 87.4 cm³/mol. The van der Waals surface area contributed by atoms with Gasteiger partial charge in [0.15, 0.2) is 11.5 Å². The first-order valence-corrected chi connectivity index (χ1v) is 7.03. The average Bonchev–Trinajstić information content (AvgIpc) is 2.94. The summed E-state index contributed by atoms with van der Waals surface area (Å²) in [6, 6.07) is 7.38. The third kappa shape index (κ3) is 2.63. The van der Waals surface area contributed by atoms with E-state index in [0.717, 1.165) is 0 Å². The number of phenols is 3. The zero-order chi connectivity index (χ0) is 17.3. The Morgan fingerprint density at radius 3 is 2.75 bits per heavy atom. The third-order valence-electron chi connectivity index (χ3n) is 3.56. The number of phenolic OH excluding ortho intramolecular Hbond substituents is 3. The highest BCUT2D eigenvalue weighted by molar-refractivity contribution is 6.03. The highest BCUT2D eigenvalue weighted by atomic mass is 16.3. The summed E-state index contributed by atoms with van der Waals surface area (Å²) in [5.74, 6) is -1.44. The highest BCUT2D eigenvalue weighted by Crippen LogP contribution is 2.32. The molecule has 3 rings (SSSR count). The summed E-state index contributed by atoms with van der Waals surface area (Å²) < 4.78 is 5.25. The van der Waals surface area contributed by atoms with Crippen molar-refractivity contribution in [1.29, 1.82) is 0 Å². The van der Waals surface area contributed by atoms with Gasteiger partial charge in [-0.25, -0.2) is 5.43 Å². The molecule has 0 saturated heterocycles. The average molecular weight is 326 g/mol. The summed E-state index contributed by atoms with van der Waals surface area (Å²) in [6.07, 6.45) is 2.68. The Morgan fingerprint density at radius 1 is 1.17 bits per heavy atom. The zero-order valence-corrected chi connectivity index (χ0v) is 12.6. The fourth-order valence-corrected chi connectivity index (χ4v) is 2.32. The Labute approximate surface area is 136 Å². The van der Waals surface area contributed by atoms with Gasteiger partial charge in [0.05, 0.1) is 23.4 Å². The lowest BCUT2D eigenvalue weighted by atomic mass is 10.1. The van der Waals surface area contributed by atoms with Gasteiger partial charge in [-0.2, -0.15) is 5.10 Å². The van der Waals surface area contributed by atoms with Gasteiger partial charge in [-0.3, -0.25) is 4.79 Å². The van der Waals surface area contributed by atoms with Crippen LogP contribution < -0.4 is 5.43 Å². The molecule has 0 atom stereocenters. The number of rotatable bonds is 3. The van der Waals surface area contributed by atoms with Gasteiger partial charge in [-0.05, 0) is 36.8 Å². The van der Waals surface area contributed by atoms with Gasteiger partial charge in [-0.15, -0.1) is 0 Å². The Balaban J connectivity index is 1.83. The van der Waals surface area contributed by atoms with Crippen molar-refractivity contribution in [3.8, 4) is 17.2 Å². The van der Waals surface area contributed by atoms with Gasteiger partial charge >= 0.3 is 0 Å². The van der Waals surface area contributed by atoms with Crippen LogP contribution in [0.3, 0.4) is 0 Å². The Kier molecular flexibility index (Phi) is 3.83. The van der Waals surface area contributed by atoms with E-state index in [1.807, 2.05) is 0 Å². The Morgan fingerprint density at radius 2 is 1.96 bits per heavy atom. The summed E-state index contributed by atoms with van der Waals surface area (Å²) in [6.45, 7) is 1.76. The molecule has 0 spiro atoms. The molecule has 0 aliphatic heterocycles. The topological polar surface area (TPSA) is 115 Å². The lowest BCUT2D eigenvalue weighted by Gasteiger charge is -2.05. The van der Waals surface area contributed by atoms with E-state index in [2.05, 4.69) is 10.5 Å². The van der Waals surface area contributed by atoms with Crippen LogP contribution in [0.2, 0.25) is 0 Å². The van der Waals surface area contributed by atoms with Crippen molar-refractivity contribution in [3.05, 3.63) is 53.3 Å². The van der Waals surface area contributed by atoms with Crippen molar-refractivity contribution < 1.29 is 24.5 Å². The van der Waals surface area contributed by atoms with Gasteiger partial charge < -0.3 is 19.7 Å². The summed E-state index contributed by atoms with van der Waals surface area (Å²) in [5, 5.41) is 33.5. The largest absolute Gasteiger partial charge is 0.506 e. The minimum Gasteiger partial charge on any atom is -0.506 e. The molecule has 0 bridgehead atoms. The van der Waals surface area contributed by atoms with Crippen LogP contribution in [-0.4, -0.2) is 27.4 Å². The van der Waals surface area contributed by atoms with Gasteiger partial charge in [-0.1, -0.05) is 6.07 Å². The van der Waals surface area contributed by atoms with E-state index < -0.39 is 5.91 Å². The van der Waals surface area contributed by atoms with E-state index in [0.29, 0.717) is 16.5 Å². The second-order valence-electron chi connectivity index (χ2n) is 5.17. The second-order valence-corrected chi connectivity index (χ2v) is 5.17. The third-order valence-corrected chi connectivity index (χ3v) is 3.56. The molecule has 0 saturated carbocycles. The molecule has 122 valence electrons. The number of aromatic hydroxyl groups is 3. The molecule has 0 fully saturated rings. The van der Waals surface area contributed by atoms with Gasteiger partial charge in [0.1, 0.15) is 11.3 Å². The number of fused-ring (bicyclic) bond motifs is 1. The van der Waals surface area contributed by atoms with Crippen LogP contribution in [-0.2, 0) is 0 Å². The number of hydrogen-bond donors (Lipinski definition) is 4. The Hall–Kier alpha value is -3.48. The molecule has 0 aliphatic rings. The van der Waals surface area contributed by atoms with E-state index in [1.165, 1.54) is 36.7 Å². The van der Waals surface area contributed by atoms with Crippen molar-refractivity contribution >= 4 is 23.1 Å². The molecule has 3 aromatic rings. The van der Waals surface area contributed by atoms with E-state index >= 15 is 0 Å². The van der Waals surface area contributed by atoms with Crippen LogP contribution in [0.25, 0.3) is 11.0 Å². The van der Waals surface area contributed by atoms with Crippen LogP contribution >= 0.6 is 0 Å². The first-order valence-electron chi connectivity index (χ1n) is 7.03. The number of amides is 1. The fourth-order valence-electron chi connectivity index (χ4n) is 2.32. The molecule has 1 heterocycles. The maximum absolute atomic E-state index is 12.2. The first-order chi connectivity index (χ1) is 11.5. The van der Waals surface area contributed by atoms with Gasteiger partial charge in [0, 0.05) is 5.56 Å². The molecular weight excluding hydrogens is 312 g/mol. The number of carbonyl (C=O) groups is 1. The molecular formula is C17H14N2O5. The van der Waals surface area contributed by atoms with Gasteiger partial charge in [0.25, 0.3) is 5.91 Å².